The number of carbonyl (C=O) groups is 1. The van der Waals surface area contributed by atoms with Gasteiger partial charge in [-0.3, -0.25) is 4.79 Å². The number of nitrogens with one attached hydrogen (secondary N) is 1. The molecular weight excluding hydrogens is 352 g/mol. The van der Waals surface area contributed by atoms with E-state index in [-0.39, 0.29) is 5.91 Å². The van der Waals surface area contributed by atoms with Gasteiger partial charge in [0.25, 0.3) is 5.91 Å². The van der Waals surface area contributed by atoms with Crippen LogP contribution in [0.5, 0.6) is 0 Å². The second-order valence-corrected chi connectivity index (χ2v) is 6.18. The lowest BCUT2D eigenvalue weighted by atomic mass is 10.1. The van der Waals surface area contributed by atoms with Crippen molar-refractivity contribution in [3.63, 3.8) is 0 Å². The van der Waals surface area contributed by atoms with E-state index >= 15 is 0 Å². The van der Waals surface area contributed by atoms with Crippen LogP contribution >= 0.6 is 27.5 Å². The maximum atomic E-state index is 12.3. The first-order chi connectivity index (χ1) is 9.90. The van der Waals surface area contributed by atoms with E-state index in [1.807, 2.05) is 44.1 Å². The van der Waals surface area contributed by atoms with Gasteiger partial charge in [-0.2, -0.15) is 0 Å². The minimum Gasteiger partial charge on any atom is -0.377 e. The molecule has 0 aliphatic rings. The number of carbonyl (C=O) groups excluding carboxylic acids is 1. The van der Waals surface area contributed by atoms with Crippen LogP contribution in [0.2, 0.25) is 5.02 Å². The predicted octanol–water partition coefficient (Wildman–Crippen LogP) is 4.73. The molecule has 1 N–H and O–H groups in total. The number of halogens is 2. The molecule has 0 heterocycles. The van der Waals surface area contributed by atoms with E-state index < -0.39 is 0 Å². The van der Waals surface area contributed by atoms with Gasteiger partial charge in [-0.15, -0.1) is 0 Å². The zero-order chi connectivity index (χ0) is 15.6. The van der Waals surface area contributed by atoms with Crippen molar-refractivity contribution in [2.75, 3.05) is 24.3 Å². The van der Waals surface area contributed by atoms with Crippen molar-refractivity contribution in [2.24, 2.45) is 0 Å². The molecule has 0 bridgehead atoms. The lowest BCUT2D eigenvalue weighted by Crippen LogP contribution is -2.14. The summed E-state index contributed by atoms with van der Waals surface area (Å²) >= 11 is 9.47. The first-order valence-electron chi connectivity index (χ1n) is 6.43. The molecule has 0 atom stereocenters. The lowest BCUT2D eigenvalue weighted by Gasteiger charge is -2.17. The van der Waals surface area contributed by atoms with Crippen molar-refractivity contribution < 1.29 is 4.79 Å². The van der Waals surface area contributed by atoms with Gasteiger partial charge in [0.1, 0.15) is 0 Å². The van der Waals surface area contributed by atoms with Crippen molar-refractivity contribution in [1.29, 1.82) is 0 Å². The third-order valence-electron chi connectivity index (χ3n) is 3.15. The maximum Gasteiger partial charge on any atom is 0.257 e. The Labute approximate surface area is 138 Å². The Morgan fingerprint density at radius 1 is 1.24 bits per heavy atom. The number of amides is 1. The van der Waals surface area contributed by atoms with Gasteiger partial charge in [0, 0.05) is 29.9 Å². The van der Waals surface area contributed by atoms with Gasteiger partial charge < -0.3 is 10.2 Å². The van der Waals surface area contributed by atoms with Crippen molar-refractivity contribution >= 4 is 44.8 Å². The quantitative estimate of drug-likeness (QED) is 0.850. The highest BCUT2D eigenvalue weighted by Crippen LogP contribution is 2.27. The molecule has 1 amide bonds. The van der Waals surface area contributed by atoms with Gasteiger partial charge >= 0.3 is 0 Å². The average Bonchev–Trinajstić information content (AvgIpc) is 2.43. The average molecular weight is 368 g/mol. The van der Waals surface area contributed by atoms with E-state index in [1.54, 1.807) is 18.2 Å². The number of hydrogen-bond donors (Lipinski definition) is 1. The van der Waals surface area contributed by atoms with E-state index in [4.69, 9.17) is 11.6 Å². The molecule has 110 valence electrons. The fraction of sp³-hybridized carbons (Fsp3) is 0.188. The van der Waals surface area contributed by atoms with Crippen LogP contribution in [0, 0.1) is 6.92 Å². The van der Waals surface area contributed by atoms with E-state index in [1.165, 1.54) is 0 Å². The molecule has 3 nitrogen and oxygen atoms in total. The zero-order valence-corrected chi connectivity index (χ0v) is 14.4. The Morgan fingerprint density at radius 2 is 1.95 bits per heavy atom. The largest absolute Gasteiger partial charge is 0.377 e. The standard InChI is InChI=1S/C16H16BrClN2O/c1-10-7-8-11(9-14(10)20(2)3)19-16(21)12-5-4-6-13(17)15(12)18/h4-9H,1-3H3,(H,19,21). The zero-order valence-electron chi connectivity index (χ0n) is 12.1. The minimum absolute atomic E-state index is 0.227. The van der Waals surface area contributed by atoms with Gasteiger partial charge in [0.05, 0.1) is 10.6 Å². The van der Waals surface area contributed by atoms with Crippen LogP contribution in [0.4, 0.5) is 11.4 Å². The molecule has 0 saturated carbocycles. The van der Waals surface area contributed by atoms with E-state index in [0.29, 0.717) is 15.1 Å². The molecule has 2 aromatic carbocycles. The fourth-order valence-corrected chi connectivity index (χ4v) is 2.62. The van der Waals surface area contributed by atoms with Gasteiger partial charge in [-0.25, -0.2) is 0 Å². The lowest BCUT2D eigenvalue weighted by molar-refractivity contribution is 0.102. The summed E-state index contributed by atoms with van der Waals surface area (Å²) in [6, 6.07) is 11.1. The Bertz CT molecular complexity index is 686. The molecule has 0 saturated heterocycles. The molecule has 5 heteroatoms. The molecule has 21 heavy (non-hydrogen) atoms. The molecule has 0 aromatic heterocycles. The van der Waals surface area contributed by atoms with Crippen LogP contribution in [0.1, 0.15) is 15.9 Å². The Hall–Kier alpha value is -1.52. The molecule has 0 fully saturated rings. The monoisotopic (exact) mass is 366 g/mol. The molecule has 0 aliphatic carbocycles. The van der Waals surface area contributed by atoms with Crippen LogP contribution in [0.3, 0.4) is 0 Å². The van der Waals surface area contributed by atoms with Crippen molar-refractivity contribution in [3.05, 3.63) is 57.0 Å². The predicted molar refractivity (Wildman–Crippen MR) is 92.6 cm³/mol. The van der Waals surface area contributed by atoms with E-state index in [2.05, 4.69) is 21.2 Å². The van der Waals surface area contributed by atoms with Gasteiger partial charge in [0.2, 0.25) is 0 Å². The molecule has 0 radical (unpaired) electrons. The van der Waals surface area contributed by atoms with Crippen LogP contribution in [0.25, 0.3) is 0 Å². The smallest absolute Gasteiger partial charge is 0.257 e. The van der Waals surface area contributed by atoms with Crippen LogP contribution in [-0.4, -0.2) is 20.0 Å². The fourth-order valence-electron chi connectivity index (χ4n) is 2.05. The summed E-state index contributed by atoms with van der Waals surface area (Å²) in [5.74, 6) is -0.227. The Balaban J connectivity index is 2.28. The number of hydrogen-bond acceptors (Lipinski definition) is 2. The summed E-state index contributed by atoms with van der Waals surface area (Å²) < 4.78 is 0.703. The van der Waals surface area contributed by atoms with Crippen molar-refractivity contribution in [2.45, 2.75) is 6.92 Å². The molecule has 0 spiro atoms. The van der Waals surface area contributed by atoms with Gasteiger partial charge in [-0.1, -0.05) is 23.7 Å². The summed E-state index contributed by atoms with van der Waals surface area (Å²) in [4.78, 5) is 14.3. The molecular formula is C16H16BrClN2O. The minimum atomic E-state index is -0.227. The van der Waals surface area contributed by atoms with E-state index in [0.717, 1.165) is 16.9 Å². The summed E-state index contributed by atoms with van der Waals surface area (Å²) in [6.07, 6.45) is 0. The summed E-state index contributed by atoms with van der Waals surface area (Å²) in [5.41, 5.74) is 3.40. The maximum absolute atomic E-state index is 12.3. The Kier molecular flexibility index (Phi) is 4.91. The highest BCUT2D eigenvalue weighted by Gasteiger charge is 2.13. The highest BCUT2D eigenvalue weighted by molar-refractivity contribution is 9.10. The first kappa shape index (κ1) is 15.9. The van der Waals surface area contributed by atoms with E-state index in [9.17, 15) is 4.79 Å². The van der Waals surface area contributed by atoms with Gasteiger partial charge in [0.15, 0.2) is 0 Å². The normalized spacial score (nSPS) is 10.3. The number of rotatable bonds is 3. The van der Waals surface area contributed by atoms with Crippen molar-refractivity contribution in [1.82, 2.24) is 0 Å². The second kappa shape index (κ2) is 6.50. The molecule has 0 unspecified atom stereocenters. The number of benzene rings is 2. The first-order valence-corrected chi connectivity index (χ1v) is 7.60. The summed E-state index contributed by atoms with van der Waals surface area (Å²) in [7, 11) is 3.94. The number of nitrogens with zero attached hydrogens (tertiary/aromatic N) is 1. The van der Waals surface area contributed by atoms with Crippen LogP contribution in [0.15, 0.2) is 40.9 Å². The topological polar surface area (TPSA) is 32.3 Å². The second-order valence-electron chi connectivity index (χ2n) is 4.95. The SMILES string of the molecule is Cc1ccc(NC(=O)c2cccc(Br)c2Cl)cc1N(C)C. The molecule has 2 aromatic rings. The van der Waals surface area contributed by atoms with Crippen molar-refractivity contribution in [3.8, 4) is 0 Å². The molecule has 2 rings (SSSR count). The third kappa shape index (κ3) is 3.57. The number of anilines is 2. The molecule has 0 aliphatic heterocycles. The Morgan fingerprint density at radius 3 is 2.62 bits per heavy atom. The summed E-state index contributed by atoms with van der Waals surface area (Å²) in [6.45, 7) is 2.03. The van der Waals surface area contributed by atoms with Crippen LogP contribution in [-0.2, 0) is 0 Å². The summed E-state index contributed by atoms with van der Waals surface area (Å²) in [5, 5.41) is 3.29. The van der Waals surface area contributed by atoms with Gasteiger partial charge in [-0.05, 0) is 52.7 Å². The van der Waals surface area contributed by atoms with Crippen LogP contribution < -0.4 is 10.2 Å². The third-order valence-corrected chi connectivity index (χ3v) is 4.44. The number of aryl methyl sites for hydroxylation is 1. The highest BCUT2D eigenvalue weighted by atomic mass is 79.9.